The van der Waals surface area contributed by atoms with Gasteiger partial charge in [-0.15, -0.1) is 0 Å². The number of amides is 2. The van der Waals surface area contributed by atoms with Gasteiger partial charge in [-0.3, -0.25) is 14.5 Å². The molecule has 4 nitrogen and oxygen atoms in total. The third kappa shape index (κ3) is 2.53. The summed E-state index contributed by atoms with van der Waals surface area (Å²) in [6, 6.07) is 5.93. The molecule has 0 atom stereocenters. The molecule has 0 aromatic heterocycles. The highest BCUT2D eigenvalue weighted by Gasteiger charge is 2.28. The van der Waals surface area contributed by atoms with E-state index in [4.69, 9.17) is 4.74 Å². The molecule has 2 amide bonds. The van der Waals surface area contributed by atoms with E-state index in [2.05, 4.69) is 0 Å². The normalized spacial score (nSPS) is 15.3. The Morgan fingerprint density at radius 3 is 2.50 bits per heavy atom. The van der Waals surface area contributed by atoms with Gasteiger partial charge >= 0.3 is 0 Å². The fourth-order valence-corrected chi connectivity index (χ4v) is 2.21. The number of hydrogen-bond donors (Lipinski definition) is 0. The molecule has 0 spiro atoms. The zero-order valence-electron chi connectivity index (χ0n) is 10.7. The summed E-state index contributed by atoms with van der Waals surface area (Å²) in [7, 11) is 1.63. The van der Waals surface area contributed by atoms with Crippen LogP contribution in [0, 0.1) is 6.92 Å². The second-order valence-electron chi connectivity index (χ2n) is 4.50. The minimum Gasteiger partial charge on any atom is -0.496 e. The summed E-state index contributed by atoms with van der Waals surface area (Å²) in [5, 5.41) is 0. The van der Waals surface area contributed by atoms with Crippen LogP contribution in [0.5, 0.6) is 5.75 Å². The number of carbonyl (C=O) groups excluding carboxylic acids is 2. The van der Waals surface area contributed by atoms with E-state index >= 15 is 0 Å². The van der Waals surface area contributed by atoms with Gasteiger partial charge in [-0.05, 0) is 25.0 Å². The number of rotatable bonds is 4. The predicted molar refractivity (Wildman–Crippen MR) is 67.4 cm³/mol. The van der Waals surface area contributed by atoms with E-state index in [9.17, 15) is 9.59 Å². The number of likely N-dealkylation sites (tertiary alicyclic amines) is 1. The molecule has 4 heteroatoms. The lowest BCUT2D eigenvalue weighted by Crippen LogP contribution is -2.31. The monoisotopic (exact) mass is 247 g/mol. The molecule has 1 saturated heterocycles. The van der Waals surface area contributed by atoms with Crippen molar-refractivity contribution >= 4 is 11.8 Å². The molecule has 18 heavy (non-hydrogen) atoms. The molecule has 1 aromatic carbocycles. The maximum Gasteiger partial charge on any atom is 0.229 e. The van der Waals surface area contributed by atoms with Crippen LogP contribution in [-0.2, 0) is 16.0 Å². The number of methoxy groups -OCH3 is 1. The number of aryl methyl sites for hydroxylation is 1. The fraction of sp³-hybridized carbons (Fsp3) is 0.429. The molecule has 0 radical (unpaired) electrons. The molecule has 1 aromatic rings. The second-order valence-corrected chi connectivity index (χ2v) is 4.50. The molecule has 1 fully saturated rings. The first-order valence-electron chi connectivity index (χ1n) is 6.08. The number of benzene rings is 1. The van der Waals surface area contributed by atoms with Crippen molar-refractivity contribution in [1.82, 2.24) is 4.90 Å². The highest BCUT2D eigenvalue weighted by atomic mass is 16.5. The maximum absolute atomic E-state index is 11.5. The largest absolute Gasteiger partial charge is 0.496 e. The van der Waals surface area contributed by atoms with Crippen LogP contribution in [0.15, 0.2) is 18.2 Å². The van der Waals surface area contributed by atoms with Crippen LogP contribution in [0.25, 0.3) is 0 Å². The molecule has 0 unspecified atom stereocenters. The maximum atomic E-state index is 11.5. The molecular weight excluding hydrogens is 230 g/mol. The van der Waals surface area contributed by atoms with Gasteiger partial charge in [0.1, 0.15) is 5.75 Å². The van der Waals surface area contributed by atoms with E-state index in [0.29, 0.717) is 25.8 Å². The van der Waals surface area contributed by atoms with E-state index in [1.807, 2.05) is 25.1 Å². The molecule has 1 aliphatic heterocycles. The van der Waals surface area contributed by atoms with Crippen molar-refractivity contribution in [2.45, 2.75) is 26.2 Å². The van der Waals surface area contributed by atoms with Gasteiger partial charge in [0.25, 0.3) is 0 Å². The first kappa shape index (κ1) is 12.6. The Labute approximate surface area is 107 Å². The summed E-state index contributed by atoms with van der Waals surface area (Å²) in [6.07, 6.45) is 1.34. The van der Waals surface area contributed by atoms with E-state index < -0.39 is 0 Å². The number of nitrogens with zero attached hydrogens (tertiary/aromatic N) is 1. The van der Waals surface area contributed by atoms with E-state index in [1.54, 1.807) is 7.11 Å². The van der Waals surface area contributed by atoms with Gasteiger partial charge < -0.3 is 4.74 Å². The van der Waals surface area contributed by atoms with Crippen LogP contribution in [-0.4, -0.2) is 30.4 Å². The predicted octanol–water partition coefficient (Wildman–Crippen LogP) is 1.70. The van der Waals surface area contributed by atoms with Crippen LogP contribution in [0.1, 0.15) is 24.0 Å². The standard InChI is InChI=1S/C14H17NO3/c1-10-3-4-12(18-2)11(9-10)7-8-15-13(16)5-6-14(15)17/h3-4,9H,5-8H2,1-2H3. The molecule has 0 N–H and O–H groups in total. The molecule has 0 bridgehead atoms. The zero-order chi connectivity index (χ0) is 13.1. The van der Waals surface area contributed by atoms with Crippen LogP contribution in [0.4, 0.5) is 0 Å². The number of ether oxygens (including phenoxy) is 1. The number of hydrogen-bond acceptors (Lipinski definition) is 3. The third-order valence-corrected chi connectivity index (χ3v) is 3.20. The topological polar surface area (TPSA) is 46.6 Å². The van der Waals surface area contributed by atoms with Crippen molar-refractivity contribution in [2.24, 2.45) is 0 Å². The summed E-state index contributed by atoms with van der Waals surface area (Å²) in [6.45, 7) is 2.45. The van der Waals surface area contributed by atoms with Gasteiger partial charge in [0.15, 0.2) is 0 Å². The summed E-state index contributed by atoms with van der Waals surface area (Å²) in [4.78, 5) is 24.4. The van der Waals surface area contributed by atoms with Crippen LogP contribution in [0.3, 0.4) is 0 Å². The lowest BCUT2D eigenvalue weighted by Gasteiger charge is -2.15. The summed E-state index contributed by atoms with van der Waals surface area (Å²) < 4.78 is 5.28. The van der Waals surface area contributed by atoms with E-state index in [0.717, 1.165) is 16.9 Å². The third-order valence-electron chi connectivity index (χ3n) is 3.20. The molecular formula is C14H17NO3. The van der Waals surface area contributed by atoms with Gasteiger partial charge in [0, 0.05) is 19.4 Å². The summed E-state index contributed by atoms with van der Waals surface area (Å²) in [5.41, 5.74) is 2.18. The van der Waals surface area contributed by atoms with Crippen LogP contribution < -0.4 is 4.74 Å². The summed E-state index contributed by atoms with van der Waals surface area (Å²) in [5.74, 6) is 0.679. The van der Waals surface area contributed by atoms with Gasteiger partial charge in [-0.2, -0.15) is 0 Å². The van der Waals surface area contributed by atoms with Crippen molar-refractivity contribution < 1.29 is 14.3 Å². The SMILES string of the molecule is COc1ccc(C)cc1CCN1C(=O)CCC1=O. The molecule has 0 aliphatic carbocycles. The first-order valence-corrected chi connectivity index (χ1v) is 6.08. The average Bonchev–Trinajstić information content (AvgIpc) is 2.67. The minimum atomic E-state index is -0.0633. The Morgan fingerprint density at radius 2 is 1.89 bits per heavy atom. The van der Waals surface area contributed by atoms with Crippen molar-refractivity contribution in [2.75, 3.05) is 13.7 Å². The van der Waals surface area contributed by atoms with Crippen molar-refractivity contribution in [3.8, 4) is 5.75 Å². The van der Waals surface area contributed by atoms with Crippen LogP contribution in [0.2, 0.25) is 0 Å². The van der Waals surface area contributed by atoms with Crippen molar-refractivity contribution in [3.63, 3.8) is 0 Å². The molecule has 2 rings (SSSR count). The van der Waals surface area contributed by atoms with Gasteiger partial charge in [0.2, 0.25) is 11.8 Å². The van der Waals surface area contributed by atoms with Crippen LogP contribution >= 0.6 is 0 Å². The van der Waals surface area contributed by atoms with Gasteiger partial charge in [-0.1, -0.05) is 17.7 Å². The highest BCUT2D eigenvalue weighted by molar-refractivity contribution is 6.01. The Morgan fingerprint density at radius 1 is 1.22 bits per heavy atom. The fourth-order valence-electron chi connectivity index (χ4n) is 2.21. The second kappa shape index (κ2) is 5.21. The molecule has 96 valence electrons. The quantitative estimate of drug-likeness (QED) is 0.761. The van der Waals surface area contributed by atoms with E-state index in [1.165, 1.54) is 4.90 Å². The molecule has 1 heterocycles. The van der Waals surface area contributed by atoms with E-state index in [-0.39, 0.29) is 11.8 Å². The van der Waals surface area contributed by atoms with Gasteiger partial charge in [-0.25, -0.2) is 0 Å². The minimum absolute atomic E-state index is 0.0633. The Kier molecular flexibility index (Phi) is 3.65. The zero-order valence-corrected chi connectivity index (χ0v) is 10.7. The Balaban J connectivity index is 2.08. The highest BCUT2D eigenvalue weighted by Crippen LogP contribution is 2.21. The Bertz CT molecular complexity index is 466. The number of carbonyl (C=O) groups is 2. The number of imide groups is 1. The first-order chi connectivity index (χ1) is 8.61. The van der Waals surface area contributed by atoms with Crippen molar-refractivity contribution in [1.29, 1.82) is 0 Å². The lowest BCUT2D eigenvalue weighted by atomic mass is 10.1. The Hall–Kier alpha value is -1.84. The summed E-state index contributed by atoms with van der Waals surface area (Å²) >= 11 is 0. The molecule has 1 aliphatic rings. The lowest BCUT2D eigenvalue weighted by molar-refractivity contribution is -0.138. The molecule has 0 saturated carbocycles. The average molecular weight is 247 g/mol. The smallest absolute Gasteiger partial charge is 0.229 e. The van der Waals surface area contributed by atoms with Gasteiger partial charge in [0.05, 0.1) is 7.11 Å². The van der Waals surface area contributed by atoms with Crippen molar-refractivity contribution in [3.05, 3.63) is 29.3 Å².